The number of allylic oxidation sites excluding steroid dienone is 2. The summed E-state index contributed by atoms with van der Waals surface area (Å²) in [6.45, 7) is 10.3. The SMILES string of the molecule is C=CCCCCC(=O)OC[C@@H](C)[C@@]1(O)[C@@H](O)C[C@H]2[C@@H]3CC=C4C[C@@H](O)CC[C@]4(C)[C@H]3CC[C@@]21C. The lowest BCUT2D eigenvalue weighted by molar-refractivity contribution is -0.191. The quantitative estimate of drug-likeness (QED) is 0.264. The summed E-state index contributed by atoms with van der Waals surface area (Å²) in [6.07, 6.45) is 12.4. The van der Waals surface area contributed by atoms with Gasteiger partial charge in [0.15, 0.2) is 0 Å². The average Bonchev–Trinajstić information content (AvgIpc) is 3.02. The van der Waals surface area contributed by atoms with Crippen molar-refractivity contribution in [2.45, 2.75) is 109 Å². The summed E-state index contributed by atoms with van der Waals surface area (Å²) in [6, 6.07) is 0. The molecule has 3 N–H and O–H groups in total. The number of hydrogen-bond acceptors (Lipinski definition) is 5. The Labute approximate surface area is 205 Å². The van der Waals surface area contributed by atoms with Crippen molar-refractivity contribution in [2.75, 3.05) is 6.61 Å². The number of rotatable bonds is 8. The summed E-state index contributed by atoms with van der Waals surface area (Å²) in [5, 5.41) is 33.5. The van der Waals surface area contributed by atoms with Gasteiger partial charge in [0.25, 0.3) is 0 Å². The van der Waals surface area contributed by atoms with Crippen molar-refractivity contribution in [1.82, 2.24) is 0 Å². The minimum Gasteiger partial charge on any atom is -0.465 e. The molecule has 0 spiro atoms. The van der Waals surface area contributed by atoms with Crippen molar-refractivity contribution in [2.24, 2.45) is 34.5 Å². The number of fused-ring (bicyclic) bond motifs is 5. The van der Waals surface area contributed by atoms with Gasteiger partial charge in [-0.05, 0) is 87.4 Å². The van der Waals surface area contributed by atoms with E-state index in [0.29, 0.717) is 24.7 Å². The number of ether oxygens (including phenoxy) is 1. The zero-order valence-electron chi connectivity index (χ0n) is 21.5. The van der Waals surface area contributed by atoms with E-state index in [1.165, 1.54) is 5.57 Å². The van der Waals surface area contributed by atoms with Gasteiger partial charge in [0.1, 0.15) is 5.60 Å². The number of aliphatic hydroxyl groups excluding tert-OH is 2. The molecular weight excluding hydrogens is 428 g/mol. The van der Waals surface area contributed by atoms with Gasteiger partial charge in [-0.15, -0.1) is 6.58 Å². The maximum absolute atomic E-state index is 12.2. The molecule has 9 atom stereocenters. The molecule has 0 aromatic carbocycles. The molecule has 0 aliphatic heterocycles. The first-order valence-corrected chi connectivity index (χ1v) is 13.6. The molecule has 0 unspecified atom stereocenters. The van der Waals surface area contributed by atoms with Crippen molar-refractivity contribution in [3.05, 3.63) is 24.3 Å². The van der Waals surface area contributed by atoms with Gasteiger partial charge in [0.2, 0.25) is 0 Å². The van der Waals surface area contributed by atoms with E-state index in [0.717, 1.165) is 57.8 Å². The molecule has 0 aromatic rings. The van der Waals surface area contributed by atoms with Crippen LogP contribution < -0.4 is 0 Å². The number of unbranched alkanes of at least 4 members (excludes halogenated alkanes) is 2. The maximum Gasteiger partial charge on any atom is 0.305 e. The minimum absolute atomic E-state index is 0.127. The average molecular weight is 475 g/mol. The molecule has 3 saturated carbocycles. The lowest BCUT2D eigenvalue weighted by atomic mass is 9.46. The number of carbonyl (C=O) groups excluding carboxylic acids is 1. The summed E-state index contributed by atoms with van der Waals surface area (Å²) in [4.78, 5) is 12.2. The second kappa shape index (κ2) is 9.71. The fraction of sp³-hybridized carbons (Fsp3) is 0.828. The highest BCUT2D eigenvalue weighted by atomic mass is 16.5. The van der Waals surface area contributed by atoms with Crippen LogP contribution in [0, 0.1) is 34.5 Å². The van der Waals surface area contributed by atoms with E-state index in [2.05, 4.69) is 26.5 Å². The van der Waals surface area contributed by atoms with E-state index in [4.69, 9.17) is 4.74 Å². The van der Waals surface area contributed by atoms with Crippen LogP contribution >= 0.6 is 0 Å². The Morgan fingerprint density at radius 3 is 2.74 bits per heavy atom. The minimum atomic E-state index is -1.26. The van der Waals surface area contributed by atoms with Crippen molar-refractivity contribution < 1.29 is 24.9 Å². The zero-order chi connectivity index (χ0) is 24.7. The Balaban J connectivity index is 1.47. The summed E-state index contributed by atoms with van der Waals surface area (Å²) in [5.41, 5.74) is -0.112. The van der Waals surface area contributed by atoms with Crippen LogP contribution in [-0.2, 0) is 9.53 Å². The highest BCUT2D eigenvalue weighted by molar-refractivity contribution is 5.69. The van der Waals surface area contributed by atoms with Gasteiger partial charge in [-0.25, -0.2) is 0 Å². The molecule has 0 aromatic heterocycles. The summed E-state index contributed by atoms with van der Waals surface area (Å²) < 4.78 is 5.57. The Morgan fingerprint density at radius 2 is 2.00 bits per heavy atom. The van der Waals surface area contributed by atoms with Crippen LogP contribution in [0.15, 0.2) is 24.3 Å². The van der Waals surface area contributed by atoms with E-state index >= 15 is 0 Å². The van der Waals surface area contributed by atoms with E-state index in [1.54, 1.807) is 0 Å². The summed E-state index contributed by atoms with van der Waals surface area (Å²) >= 11 is 0. The molecule has 34 heavy (non-hydrogen) atoms. The van der Waals surface area contributed by atoms with E-state index in [1.807, 2.05) is 13.0 Å². The van der Waals surface area contributed by atoms with Crippen LogP contribution in [0.2, 0.25) is 0 Å². The van der Waals surface area contributed by atoms with E-state index in [9.17, 15) is 20.1 Å². The predicted molar refractivity (Wildman–Crippen MR) is 133 cm³/mol. The van der Waals surface area contributed by atoms with Gasteiger partial charge in [-0.3, -0.25) is 4.79 Å². The molecule has 5 heteroatoms. The van der Waals surface area contributed by atoms with Crippen LogP contribution in [0.4, 0.5) is 0 Å². The fourth-order valence-electron chi connectivity index (χ4n) is 8.56. The van der Waals surface area contributed by atoms with Gasteiger partial charge in [-0.2, -0.15) is 0 Å². The summed E-state index contributed by atoms with van der Waals surface area (Å²) in [7, 11) is 0. The van der Waals surface area contributed by atoms with Crippen LogP contribution in [0.25, 0.3) is 0 Å². The molecule has 0 amide bonds. The molecule has 3 fully saturated rings. The molecule has 192 valence electrons. The second-order valence-corrected chi connectivity index (χ2v) is 12.3. The topological polar surface area (TPSA) is 87.0 Å². The number of aliphatic hydroxyl groups is 3. The molecule has 0 heterocycles. The largest absolute Gasteiger partial charge is 0.465 e. The lowest BCUT2D eigenvalue weighted by Gasteiger charge is -2.59. The fourth-order valence-corrected chi connectivity index (χ4v) is 8.56. The van der Waals surface area contributed by atoms with Crippen molar-refractivity contribution in [3.63, 3.8) is 0 Å². The third-order valence-corrected chi connectivity index (χ3v) is 10.7. The summed E-state index contributed by atoms with van der Waals surface area (Å²) in [5.74, 6) is 0.656. The Kier molecular flexibility index (Phi) is 7.40. The highest BCUT2D eigenvalue weighted by Gasteiger charge is 2.68. The lowest BCUT2D eigenvalue weighted by Crippen LogP contribution is -2.60. The first-order chi connectivity index (χ1) is 16.1. The van der Waals surface area contributed by atoms with Gasteiger partial charge in [0.05, 0.1) is 18.8 Å². The molecule has 0 radical (unpaired) electrons. The van der Waals surface area contributed by atoms with Crippen molar-refractivity contribution in [1.29, 1.82) is 0 Å². The molecular formula is C29H46O5. The van der Waals surface area contributed by atoms with Gasteiger partial charge in [-0.1, -0.05) is 38.5 Å². The number of hydrogen-bond donors (Lipinski definition) is 3. The monoisotopic (exact) mass is 474 g/mol. The highest BCUT2D eigenvalue weighted by Crippen LogP contribution is 2.68. The molecule has 5 nitrogen and oxygen atoms in total. The van der Waals surface area contributed by atoms with Crippen molar-refractivity contribution >= 4 is 5.97 Å². The predicted octanol–water partition coefficient (Wildman–Crippen LogP) is 4.94. The van der Waals surface area contributed by atoms with Crippen molar-refractivity contribution in [3.8, 4) is 0 Å². The first-order valence-electron chi connectivity index (χ1n) is 13.6. The molecule has 4 aliphatic rings. The Bertz CT molecular complexity index is 806. The van der Waals surface area contributed by atoms with E-state index in [-0.39, 0.29) is 35.9 Å². The van der Waals surface area contributed by atoms with Crippen LogP contribution in [0.1, 0.15) is 91.4 Å². The Hall–Kier alpha value is -1.17. The van der Waals surface area contributed by atoms with Crippen LogP contribution in [0.3, 0.4) is 0 Å². The molecule has 0 bridgehead atoms. The van der Waals surface area contributed by atoms with Gasteiger partial charge >= 0.3 is 5.97 Å². The van der Waals surface area contributed by atoms with E-state index < -0.39 is 17.1 Å². The zero-order valence-corrected chi connectivity index (χ0v) is 21.5. The molecule has 4 rings (SSSR count). The normalized spacial score (nSPS) is 44.3. The smallest absolute Gasteiger partial charge is 0.305 e. The first kappa shape index (κ1) is 25.9. The third kappa shape index (κ3) is 4.10. The standard InChI is InChI=1S/C29H46O5/c1-5-6-7-8-9-26(32)34-18-19(2)29(33)25(31)17-24-22-11-10-20-16-21(30)12-14-27(20,3)23(22)13-15-28(24,29)4/h5,10,19,21-25,30-31,33H,1,6-9,11-18H2,2-4H3/t19-,21+,22-,23+,24+,25+,27+,28+,29-/m1/s1. The van der Waals surface area contributed by atoms with Gasteiger partial charge in [0, 0.05) is 17.8 Å². The Morgan fingerprint density at radius 1 is 1.24 bits per heavy atom. The van der Waals surface area contributed by atoms with Crippen LogP contribution in [0.5, 0.6) is 0 Å². The van der Waals surface area contributed by atoms with Crippen LogP contribution in [-0.4, -0.2) is 45.7 Å². The van der Waals surface area contributed by atoms with Gasteiger partial charge < -0.3 is 20.1 Å². The third-order valence-electron chi connectivity index (χ3n) is 10.7. The molecule has 4 aliphatic carbocycles. The molecule has 0 saturated heterocycles. The number of esters is 1. The maximum atomic E-state index is 12.2. The second-order valence-electron chi connectivity index (χ2n) is 12.3. The number of carbonyl (C=O) groups is 1.